The Morgan fingerprint density at radius 2 is 2.06 bits per heavy atom. The van der Waals surface area contributed by atoms with Crippen LogP contribution < -0.4 is 10.5 Å². The molecule has 0 aliphatic carbocycles. The molecular weight excluding hydrogens is 276 g/mol. The summed E-state index contributed by atoms with van der Waals surface area (Å²) in [6, 6.07) is 6.14. The highest BCUT2D eigenvalue weighted by molar-refractivity contribution is 8.23. The summed E-state index contributed by atoms with van der Waals surface area (Å²) in [5, 5.41) is 29.7. The molecular formula is C10H12N2O4S2. The number of hydrogen-bond donors (Lipinski definition) is 4. The normalized spacial score (nSPS) is 11.9. The first kappa shape index (κ1) is 14.9. The molecule has 6 nitrogen and oxygen atoms in total. The lowest BCUT2D eigenvalue weighted by atomic mass is 10.3. The van der Waals surface area contributed by atoms with Crippen LogP contribution >= 0.6 is 24.0 Å². The van der Waals surface area contributed by atoms with Crippen molar-refractivity contribution in [2.24, 2.45) is 0 Å². The summed E-state index contributed by atoms with van der Waals surface area (Å²) in [4.78, 5) is 10.3. The van der Waals surface area contributed by atoms with Crippen molar-refractivity contribution in [3.05, 3.63) is 29.5 Å². The SMILES string of the molecule is O=C(O)CCSC(=S)Nc1ccc([NH+]([O-])O)cc1. The van der Waals surface area contributed by atoms with Gasteiger partial charge in [0.2, 0.25) is 0 Å². The first-order chi connectivity index (χ1) is 8.49. The summed E-state index contributed by atoms with van der Waals surface area (Å²) in [6.07, 6.45) is 0.0461. The first-order valence-electron chi connectivity index (χ1n) is 4.98. The van der Waals surface area contributed by atoms with Gasteiger partial charge in [-0.05, 0) is 12.1 Å². The number of carbonyl (C=O) groups is 1. The predicted molar refractivity (Wildman–Crippen MR) is 73.1 cm³/mol. The summed E-state index contributed by atoms with van der Waals surface area (Å²) in [5.41, 5.74) is 0.873. The van der Waals surface area contributed by atoms with Crippen LogP contribution in [0.2, 0.25) is 0 Å². The number of aliphatic carboxylic acids is 1. The summed E-state index contributed by atoms with van der Waals surface area (Å²) < 4.78 is 0.458. The number of carboxylic acids is 1. The van der Waals surface area contributed by atoms with E-state index >= 15 is 0 Å². The van der Waals surface area contributed by atoms with Gasteiger partial charge in [0.1, 0.15) is 4.32 Å². The number of carboxylic acid groups (broad SMARTS) is 1. The Balaban J connectivity index is 2.42. The second-order valence-corrected chi connectivity index (χ2v) is 5.06. The van der Waals surface area contributed by atoms with Crippen LogP contribution in [0.3, 0.4) is 0 Å². The van der Waals surface area contributed by atoms with Crippen LogP contribution in [0.4, 0.5) is 11.4 Å². The van der Waals surface area contributed by atoms with Gasteiger partial charge in [0.05, 0.1) is 6.42 Å². The predicted octanol–water partition coefficient (Wildman–Crippen LogP) is 0.995. The van der Waals surface area contributed by atoms with Gasteiger partial charge in [-0.3, -0.25) is 4.79 Å². The standard InChI is InChI=1S/C10H12N2O4S2/c13-9(14)5-6-18-10(17)11-7-1-3-8(4-2-7)12(15)16/h1-4,12,15H,5-6H2,(H,11,17)(H,13,14). The van der Waals surface area contributed by atoms with E-state index in [2.05, 4.69) is 5.32 Å². The summed E-state index contributed by atoms with van der Waals surface area (Å²) in [7, 11) is 0. The monoisotopic (exact) mass is 288 g/mol. The zero-order valence-corrected chi connectivity index (χ0v) is 10.9. The molecule has 1 unspecified atom stereocenters. The summed E-state index contributed by atoms with van der Waals surface area (Å²) in [5.74, 6) is -0.468. The number of quaternary nitrogens is 1. The van der Waals surface area contributed by atoms with E-state index in [0.29, 0.717) is 15.8 Å². The van der Waals surface area contributed by atoms with E-state index in [0.717, 1.165) is 0 Å². The van der Waals surface area contributed by atoms with Crippen molar-refractivity contribution in [3.8, 4) is 0 Å². The molecule has 0 amide bonds. The second kappa shape index (κ2) is 7.29. The average molecular weight is 288 g/mol. The van der Waals surface area contributed by atoms with Crippen LogP contribution in [-0.4, -0.2) is 26.4 Å². The van der Waals surface area contributed by atoms with E-state index < -0.39 is 11.2 Å². The molecule has 0 heterocycles. The molecule has 8 heteroatoms. The third-order valence-corrected chi connectivity index (χ3v) is 3.16. The van der Waals surface area contributed by atoms with Crippen LogP contribution in [0.1, 0.15) is 6.42 Å². The highest BCUT2D eigenvalue weighted by Crippen LogP contribution is 2.14. The van der Waals surface area contributed by atoms with Crippen molar-refractivity contribution in [1.82, 2.24) is 0 Å². The van der Waals surface area contributed by atoms with Crippen LogP contribution in [0, 0.1) is 5.21 Å². The zero-order chi connectivity index (χ0) is 13.5. The lowest BCUT2D eigenvalue weighted by Gasteiger charge is -2.12. The number of thiocarbonyl (C=S) groups is 1. The molecule has 4 N–H and O–H groups in total. The average Bonchev–Trinajstić information content (AvgIpc) is 2.29. The Kier molecular flexibility index (Phi) is 6.02. The molecule has 98 valence electrons. The third kappa shape index (κ3) is 5.43. The number of thioether (sulfide) groups is 1. The second-order valence-electron chi connectivity index (χ2n) is 3.29. The van der Waals surface area contributed by atoms with E-state index in [1.807, 2.05) is 0 Å². The Morgan fingerprint density at radius 1 is 1.44 bits per heavy atom. The van der Waals surface area contributed by atoms with Crippen molar-refractivity contribution in [1.29, 1.82) is 0 Å². The highest BCUT2D eigenvalue weighted by Gasteiger charge is 2.03. The molecule has 0 saturated carbocycles. The number of benzene rings is 1. The van der Waals surface area contributed by atoms with Gasteiger partial charge in [0, 0.05) is 23.6 Å². The fourth-order valence-electron chi connectivity index (χ4n) is 1.08. The largest absolute Gasteiger partial charge is 0.595 e. The molecule has 1 aromatic rings. The lowest BCUT2D eigenvalue weighted by molar-refractivity contribution is -0.991. The minimum Gasteiger partial charge on any atom is -0.595 e. The van der Waals surface area contributed by atoms with Crippen LogP contribution in [-0.2, 0) is 4.79 Å². The number of anilines is 1. The van der Waals surface area contributed by atoms with E-state index in [1.165, 1.54) is 23.9 Å². The highest BCUT2D eigenvalue weighted by atomic mass is 32.2. The van der Waals surface area contributed by atoms with Crippen molar-refractivity contribution in [2.45, 2.75) is 6.42 Å². The van der Waals surface area contributed by atoms with Gasteiger partial charge in [-0.25, -0.2) is 5.21 Å². The molecule has 0 aliphatic heterocycles. The molecule has 18 heavy (non-hydrogen) atoms. The summed E-state index contributed by atoms with van der Waals surface area (Å²) in [6.45, 7) is 0. The van der Waals surface area contributed by atoms with E-state index in [-0.39, 0.29) is 12.1 Å². The maximum absolute atomic E-state index is 10.6. The van der Waals surface area contributed by atoms with E-state index in [9.17, 15) is 10.0 Å². The minimum atomic E-state index is -0.986. The number of rotatable bonds is 5. The fraction of sp³-hybridized carbons (Fsp3) is 0.200. The Bertz CT molecular complexity index is 422. The molecule has 0 fully saturated rings. The van der Waals surface area contributed by atoms with Crippen LogP contribution in [0.15, 0.2) is 24.3 Å². The molecule has 1 rings (SSSR count). The quantitative estimate of drug-likeness (QED) is 0.474. The fourth-order valence-corrected chi connectivity index (χ4v) is 2.10. The van der Waals surface area contributed by atoms with Gasteiger partial charge >= 0.3 is 5.97 Å². The maximum atomic E-state index is 10.6. The van der Waals surface area contributed by atoms with Crippen molar-refractivity contribution >= 4 is 45.6 Å². The van der Waals surface area contributed by atoms with Crippen LogP contribution in [0.5, 0.6) is 0 Å². The van der Waals surface area contributed by atoms with Gasteiger partial charge in [-0.2, -0.15) is 5.23 Å². The Labute approximate surface area is 113 Å². The summed E-state index contributed by atoms with van der Waals surface area (Å²) >= 11 is 6.25. The topological polar surface area (TPSA) is 97.1 Å². The van der Waals surface area contributed by atoms with Gasteiger partial charge in [0.25, 0.3) is 0 Å². The molecule has 0 saturated heterocycles. The lowest BCUT2D eigenvalue weighted by Crippen LogP contribution is -2.99. The minimum absolute atomic E-state index is 0.0461. The smallest absolute Gasteiger partial charge is 0.304 e. The molecule has 0 radical (unpaired) electrons. The molecule has 0 aliphatic rings. The molecule has 0 bridgehead atoms. The van der Waals surface area contributed by atoms with Gasteiger partial charge < -0.3 is 15.6 Å². The molecule has 0 spiro atoms. The van der Waals surface area contributed by atoms with Crippen LogP contribution in [0.25, 0.3) is 0 Å². The zero-order valence-electron chi connectivity index (χ0n) is 9.25. The van der Waals surface area contributed by atoms with Gasteiger partial charge in [0.15, 0.2) is 5.69 Å². The third-order valence-electron chi connectivity index (χ3n) is 1.93. The number of nitrogens with one attached hydrogen (secondary N) is 2. The van der Waals surface area contributed by atoms with Gasteiger partial charge in [-0.1, -0.05) is 24.0 Å². The number of hydrogen-bond acceptors (Lipinski definition) is 5. The molecule has 1 atom stereocenters. The Morgan fingerprint density at radius 3 is 2.56 bits per heavy atom. The first-order valence-corrected chi connectivity index (χ1v) is 6.37. The molecule has 1 aromatic carbocycles. The molecule has 0 aromatic heterocycles. The van der Waals surface area contributed by atoms with Crippen molar-refractivity contribution < 1.29 is 20.3 Å². The van der Waals surface area contributed by atoms with Crippen molar-refractivity contribution in [3.63, 3.8) is 0 Å². The van der Waals surface area contributed by atoms with E-state index in [1.54, 1.807) is 12.1 Å². The van der Waals surface area contributed by atoms with Crippen molar-refractivity contribution in [2.75, 3.05) is 11.1 Å². The maximum Gasteiger partial charge on any atom is 0.304 e. The van der Waals surface area contributed by atoms with Gasteiger partial charge in [-0.15, -0.1) is 0 Å². The Hall–Kier alpha value is -1.19. The van der Waals surface area contributed by atoms with E-state index in [4.69, 9.17) is 22.5 Å².